The summed E-state index contributed by atoms with van der Waals surface area (Å²) in [6, 6.07) is 13.3. The number of aromatic nitrogens is 2. The molecule has 38 heavy (non-hydrogen) atoms. The number of amides is 3. The number of hydrogen-bond acceptors (Lipinski definition) is 5. The Kier molecular flexibility index (Phi) is 7.96. The van der Waals surface area contributed by atoms with Crippen LogP contribution in [-0.2, 0) is 16.0 Å². The van der Waals surface area contributed by atoms with E-state index in [2.05, 4.69) is 20.6 Å². The van der Waals surface area contributed by atoms with Crippen LogP contribution in [0.5, 0.6) is 0 Å². The van der Waals surface area contributed by atoms with E-state index in [4.69, 9.17) is 14.6 Å². The van der Waals surface area contributed by atoms with Crippen molar-refractivity contribution < 1.29 is 37.4 Å². The summed E-state index contributed by atoms with van der Waals surface area (Å²) in [5.41, 5.74) is 6.05. The fourth-order valence-electron chi connectivity index (χ4n) is 3.90. The first kappa shape index (κ1) is 26.7. The van der Waals surface area contributed by atoms with Gasteiger partial charge in [0.05, 0.1) is 24.5 Å². The van der Waals surface area contributed by atoms with Gasteiger partial charge in [-0.3, -0.25) is 9.78 Å². The number of alkyl halides is 3. The number of carboxylic acid groups (broad SMARTS) is 1. The topological polar surface area (TPSA) is 137 Å². The average molecular weight is 531 g/mol. The van der Waals surface area contributed by atoms with Gasteiger partial charge in [0.15, 0.2) is 0 Å². The minimum atomic E-state index is -5.08. The van der Waals surface area contributed by atoms with Crippen LogP contribution in [0.4, 0.5) is 23.7 Å². The summed E-state index contributed by atoms with van der Waals surface area (Å²) in [6.45, 7) is 3.00. The number of morpholine rings is 1. The molecule has 10 nitrogen and oxygen atoms in total. The Morgan fingerprint density at radius 3 is 2.37 bits per heavy atom. The molecule has 0 saturated carbocycles. The largest absolute Gasteiger partial charge is 0.490 e. The fourth-order valence-corrected chi connectivity index (χ4v) is 3.90. The van der Waals surface area contributed by atoms with E-state index in [0.717, 1.165) is 40.3 Å². The summed E-state index contributed by atoms with van der Waals surface area (Å²) in [5.74, 6) is -2.79. The molecule has 1 aromatic carbocycles. The molecule has 200 valence electrons. The lowest BCUT2D eigenvalue weighted by Crippen LogP contribution is -2.43. The Morgan fingerprint density at radius 1 is 1.05 bits per heavy atom. The van der Waals surface area contributed by atoms with Crippen molar-refractivity contribution in [2.24, 2.45) is 0 Å². The number of anilines is 1. The first-order chi connectivity index (χ1) is 18.1. The highest BCUT2D eigenvalue weighted by molar-refractivity contribution is 5.97. The number of rotatable bonds is 3. The van der Waals surface area contributed by atoms with Gasteiger partial charge in [0.1, 0.15) is 0 Å². The lowest BCUT2D eigenvalue weighted by Gasteiger charge is -2.26. The molecule has 4 heterocycles. The number of urea groups is 1. The zero-order chi connectivity index (χ0) is 27.3. The molecule has 13 heteroatoms. The summed E-state index contributed by atoms with van der Waals surface area (Å²) in [7, 11) is 0. The lowest BCUT2D eigenvalue weighted by molar-refractivity contribution is -0.192. The van der Waals surface area contributed by atoms with Crippen LogP contribution < -0.4 is 10.6 Å². The molecule has 0 radical (unpaired) electrons. The summed E-state index contributed by atoms with van der Waals surface area (Å²) in [4.78, 5) is 42.9. The quantitative estimate of drug-likeness (QED) is 0.408. The van der Waals surface area contributed by atoms with Gasteiger partial charge in [-0.25, -0.2) is 9.59 Å². The third-order valence-electron chi connectivity index (χ3n) is 5.85. The van der Waals surface area contributed by atoms with Gasteiger partial charge in [0, 0.05) is 60.5 Å². The highest BCUT2D eigenvalue weighted by atomic mass is 19.4. The Hall–Kier alpha value is -4.39. The van der Waals surface area contributed by atoms with Gasteiger partial charge < -0.3 is 30.4 Å². The van der Waals surface area contributed by atoms with Crippen molar-refractivity contribution >= 4 is 23.6 Å². The van der Waals surface area contributed by atoms with Crippen LogP contribution in [0.2, 0.25) is 0 Å². The van der Waals surface area contributed by atoms with Gasteiger partial charge >= 0.3 is 18.2 Å². The number of nitrogens with one attached hydrogen (secondary N) is 3. The zero-order valence-electron chi connectivity index (χ0n) is 20.0. The molecule has 2 aliphatic rings. The first-order valence-electron chi connectivity index (χ1n) is 11.6. The van der Waals surface area contributed by atoms with Crippen molar-refractivity contribution in [3.63, 3.8) is 0 Å². The molecule has 5 rings (SSSR count). The number of aromatic amines is 1. The van der Waals surface area contributed by atoms with Crippen LogP contribution in [0.25, 0.3) is 22.5 Å². The van der Waals surface area contributed by atoms with E-state index in [0.29, 0.717) is 38.4 Å². The third-order valence-corrected chi connectivity index (χ3v) is 5.85. The number of carbonyl (C=O) groups excluding carboxylic acids is 2. The Labute approximate surface area is 214 Å². The first-order valence-corrected chi connectivity index (χ1v) is 11.6. The van der Waals surface area contributed by atoms with E-state index >= 15 is 0 Å². The van der Waals surface area contributed by atoms with Crippen LogP contribution in [0.1, 0.15) is 16.1 Å². The summed E-state index contributed by atoms with van der Waals surface area (Å²) < 4.78 is 37.0. The van der Waals surface area contributed by atoms with Crippen molar-refractivity contribution in [3.8, 4) is 22.5 Å². The van der Waals surface area contributed by atoms with Gasteiger partial charge in [0.25, 0.3) is 5.91 Å². The molecular formula is C25H24F3N5O5. The number of nitrogens with zero attached hydrogens (tertiary/aromatic N) is 2. The van der Waals surface area contributed by atoms with E-state index < -0.39 is 12.1 Å². The fraction of sp³-hybridized carbons (Fsp3) is 0.280. The van der Waals surface area contributed by atoms with Crippen molar-refractivity contribution in [2.45, 2.75) is 12.6 Å². The maximum Gasteiger partial charge on any atom is 0.490 e. The maximum atomic E-state index is 12.3. The molecule has 1 saturated heterocycles. The van der Waals surface area contributed by atoms with Crippen molar-refractivity contribution in [1.29, 1.82) is 0 Å². The zero-order valence-corrected chi connectivity index (χ0v) is 20.0. The Bertz CT molecular complexity index is 1320. The second-order valence-corrected chi connectivity index (χ2v) is 8.42. The molecule has 4 N–H and O–H groups in total. The predicted molar refractivity (Wildman–Crippen MR) is 131 cm³/mol. The van der Waals surface area contributed by atoms with E-state index in [1.165, 1.54) is 0 Å². The summed E-state index contributed by atoms with van der Waals surface area (Å²) in [6.07, 6.45) is -2.52. The van der Waals surface area contributed by atoms with E-state index in [9.17, 15) is 22.8 Å². The van der Waals surface area contributed by atoms with Crippen LogP contribution >= 0.6 is 0 Å². The second-order valence-electron chi connectivity index (χ2n) is 8.42. The number of benzene rings is 1. The van der Waals surface area contributed by atoms with Crippen LogP contribution in [0, 0.1) is 0 Å². The smallest absolute Gasteiger partial charge is 0.475 e. The number of fused-ring (bicyclic) bond motifs is 1. The summed E-state index contributed by atoms with van der Waals surface area (Å²) in [5, 5.41) is 12.9. The lowest BCUT2D eigenvalue weighted by atomic mass is 10.1. The molecule has 2 aliphatic heterocycles. The third kappa shape index (κ3) is 6.48. The maximum absolute atomic E-state index is 12.3. The molecule has 3 amide bonds. The van der Waals surface area contributed by atoms with Crippen LogP contribution in [-0.4, -0.2) is 76.9 Å². The number of carbonyl (C=O) groups is 3. The number of halogens is 3. The molecule has 0 unspecified atom stereocenters. The van der Waals surface area contributed by atoms with Crippen LogP contribution in [0.3, 0.4) is 0 Å². The van der Waals surface area contributed by atoms with Crippen molar-refractivity contribution in [3.05, 3.63) is 59.9 Å². The van der Waals surface area contributed by atoms with Crippen molar-refractivity contribution in [1.82, 2.24) is 20.2 Å². The number of H-pyrrole nitrogens is 1. The molecule has 0 bridgehead atoms. The minimum Gasteiger partial charge on any atom is -0.475 e. The second kappa shape index (κ2) is 11.3. The van der Waals surface area contributed by atoms with Crippen molar-refractivity contribution in [2.75, 3.05) is 38.2 Å². The van der Waals surface area contributed by atoms with E-state index in [1.807, 2.05) is 42.5 Å². The molecule has 3 aromatic rings. The van der Waals surface area contributed by atoms with Gasteiger partial charge in [-0.15, -0.1) is 0 Å². The van der Waals surface area contributed by atoms with Gasteiger partial charge in [-0.2, -0.15) is 13.2 Å². The highest BCUT2D eigenvalue weighted by Crippen LogP contribution is 2.27. The van der Waals surface area contributed by atoms with E-state index in [-0.39, 0.29) is 11.9 Å². The molecule has 0 atom stereocenters. The van der Waals surface area contributed by atoms with Gasteiger partial charge in [-0.05, 0) is 30.3 Å². The predicted octanol–water partition coefficient (Wildman–Crippen LogP) is 3.53. The Balaban J connectivity index is 0.000000426. The normalized spacial score (nSPS) is 15.0. The SMILES string of the molecule is O=C(O)C(F)(F)F.O=C1NCCc2[nH]c(-c3ccnc(-c4ccc(NC(=O)N5CCOCC5)cc4)c3)cc21. The van der Waals surface area contributed by atoms with Gasteiger partial charge in [0.2, 0.25) is 0 Å². The van der Waals surface area contributed by atoms with Gasteiger partial charge in [-0.1, -0.05) is 12.1 Å². The molecule has 1 fully saturated rings. The monoisotopic (exact) mass is 531 g/mol. The average Bonchev–Trinajstić information content (AvgIpc) is 3.36. The molecule has 0 aliphatic carbocycles. The van der Waals surface area contributed by atoms with Crippen LogP contribution in [0.15, 0.2) is 48.7 Å². The molecule has 0 spiro atoms. The number of hydrogen-bond donors (Lipinski definition) is 4. The Morgan fingerprint density at radius 2 is 1.74 bits per heavy atom. The highest BCUT2D eigenvalue weighted by Gasteiger charge is 2.38. The van der Waals surface area contributed by atoms with E-state index in [1.54, 1.807) is 11.1 Å². The minimum absolute atomic E-state index is 0.0345. The number of pyridine rings is 1. The number of aliphatic carboxylic acids is 1. The number of ether oxygens (including phenoxy) is 1. The molecule has 2 aromatic heterocycles. The number of carboxylic acids is 1. The standard InChI is InChI=1S/C23H23N5O3.C2HF3O2/c29-22-18-14-21(27-19(18)6-8-25-22)16-5-7-24-20(13-16)15-1-3-17(4-2-15)26-23(30)28-9-11-31-12-10-28;3-2(4,5)1(6)7/h1-5,7,13-14,27H,6,8-12H2,(H,25,29)(H,26,30);(H,6,7). The summed E-state index contributed by atoms with van der Waals surface area (Å²) >= 11 is 0. The molecular weight excluding hydrogens is 507 g/mol.